The van der Waals surface area contributed by atoms with Crippen LogP contribution >= 0.6 is 11.8 Å². The molecule has 1 aromatic rings. The van der Waals surface area contributed by atoms with Gasteiger partial charge in [-0.25, -0.2) is 0 Å². The maximum Gasteiger partial charge on any atom is 0.219 e. The van der Waals surface area contributed by atoms with Crippen LogP contribution in [0, 0.1) is 0 Å². The SMILES string of the molecule is CSC(=O)c1cc(O)c(O)c(O)c1. The van der Waals surface area contributed by atoms with Gasteiger partial charge >= 0.3 is 0 Å². The maximum atomic E-state index is 11.1. The van der Waals surface area contributed by atoms with Crippen molar-refractivity contribution in [2.24, 2.45) is 0 Å². The molecular formula is C8H8O4S. The van der Waals surface area contributed by atoms with Crippen LogP contribution in [0.25, 0.3) is 0 Å². The van der Waals surface area contributed by atoms with E-state index < -0.39 is 17.2 Å². The summed E-state index contributed by atoms with van der Waals surface area (Å²) in [6.07, 6.45) is 1.59. The Bertz CT molecular complexity index is 325. The molecule has 70 valence electrons. The Morgan fingerprint density at radius 3 is 2.08 bits per heavy atom. The van der Waals surface area contributed by atoms with Crippen LogP contribution in [0.1, 0.15) is 10.4 Å². The van der Waals surface area contributed by atoms with E-state index in [-0.39, 0.29) is 10.7 Å². The largest absolute Gasteiger partial charge is 0.504 e. The van der Waals surface area contributed by atoms with E-state index in [0.717, 1.165) is 23.9 Å². The lowest BCUT2D eigenvalue weighted by Crippen LogP contribution is -1.91. The van der Waals surface area contributed by atoms with E-state index in [1.54, 1.807) is 6.26 Å². The average molecular weight is 200 g/mol. The number of rotatable bonds is 1. The summed E-state index contributed by atoms with van der Waals surface area (Å²) in [5, 5.41) is 26.8. The second-order valence-electron chi connectivity index (χ2n) is 2.35. The van der Waals surface area contributed by atoms with Gasteiger partial charge in [0.25, 0.3) is 0 Å². The molecule has 1 rings (SSSR count). The molecule has 0 aliphatic carbocycles. The molecule has 0 aliphatic heterocycles. The molecule has 0 unspecified atom stereocenters. The number of carbonyl (C=O) groups excluding carboxylic acids is 1. The van der Waals surface area contributed by atoms with Gasteiger partial charge in [0.15, 0.2) is 17.2 Å². The fourth-order valence-electron chi connectivity index (χ4n) is 0.840. The molecule has 0 fully saturated rings. The molecule has 0 bridgehead atoms. The lowest BCUT2D eigenvalue weighted by atomic mass is 10.2. The standard InChI is InChI=1S/C8H8O4S/c1-13-8(12)4-2-5(9)7(11)6(10)3-4/h2-3,9-11H,1H3. The zero-order valence-electron chi connectivity index (χ0n) is 6.81. The fourth-order valence-corrected chi connectivity index (χ4v) is 1.19. The summed E-state index contributed by atoms with van der Waals surface area (Å²) in [5.41, 5.74) is 0.153. The van der Waals surface area contributed by atoms with Crippen molar-refractivity contribution in [1.82, 2.24) is 0 Å². The Kier molecular flexibility index (Phi) is 2.67. The molecule has 0 aromatic heterocycles. The molecule has 0 spiro atoms. The Morgan fingerprint density at radius 2 is 1.69 bits per heavy atom. The molecule has 0 heterocycles. The van der Waals surface area contributed by atoms with Crippen LogP contribution in [0.5, 0.6) is 17.2 Å². The number of hydrogen-bond acceptors (Lipinski definition) is 5. The van der Waals surface area contributed by atoms with Gasteiger partial charge in [0.2, 0.25) is 5.12 Å². The minimum atomic E-state index is -0.613. The fraction of sp³-hybridized carbons (Fsp3) is 0.125. The monoisotopic (exact) mass is 200 g/mol. The zero-order chi connectivity index (χ0) is 10.0. The Hall–Kier alpha value is -1.36. The lowest BCUT2D eigenvalue weighted by molar-refractivity contribution is 0.108. The van der Waals surface area contributed by atoms with E-state index in [9.17, 15) is 4.79 Å². The van der Waals surface area contributed by atoms with Crippen molar-refractivity contribution in [2.45, 2.75) is 0 Å². The van der Waals surface area contributed by atoms with E-state index in [1.165, 1.54) is 0 Å². The molecule has 0 saturated carbocycles. The van der Waals surface area contributed by atoms with E-state index >= 15 is 0 Å². The van der Waals surface area contributed by atoms with Crippen molar-refractivity contribution in [3.8, 4) is 17.2 Å². The Balaban J connectivity index is 3.20. The smallest absolute Gasteiger partial charge is 0.219 e. The Morgan fingerprint density at radius 1 is 1.23 bits per heavy atom. The second-order valence-corrected chi connectivity index (χ2v) is 3.13. The van der Waals surface area contributed by atoms with E-state index in [1.807, 2.05) is 0 Å². The van der Waals surface area contributed by atoms with Crippen molar-refractivity contribution in [3.63, 3.8) is 0 Å². The molecule has 0 atom stereocenters. The first-order chi connectivity index (χ1) is 6.06. The van der Waals surface area contributed by atoms with Crippen molar-refractivity contribution in [1.29, 1.82) is 0 Å². The van der Waals surface area contributed by atoms with Crippen LogP contribution in [-0.2, 0) is 0 Å². The summed E-state index contributed by atoms with van der Waals surface area (Å²) >= 11 is 0.958. The second kappa shape index (κ2) is 3.57. The van der Waals surface area contributed by atoms with Crippen LogP contribution < -0.4 is 0 Å². The summed E-state index contributed by atoms with van der Waals surface area (Å²) in [6.45, 7) is 0. The number of aromatic hydroxyl groups is 3. The third-order valence-corrected chi connectivity index (χ3v) is 2.10. The van der Waals surface area contributed by atoms with E-state index in [2.05, 4.69) is 0 Å². The topological polar surface area (TPSA) is 77.8 Å². The molecule has 5 heteroatoms. The predicted octanol–water partition coefficient (Wildman–Crippen LogP) is 1.31. The highest BCUT2D eigenvalue weighted by atomic mass is 32.2. The van der Waals surface area contributed by atoms with Gasteiger partial charge in [-0.1, -0.05) is 11.8 Å². The van der Waals surface area contributed by atoms with Gasteiger partial charge in [-0.05, 0) is 18.4 Å². The predicted molar refractivity (Wildman–Crippen MR) is 49.3 cm³/mol. The summed E-state index contributed by atoms with van der Waals surface area (Å²) in [4.78, 5) is 11.1. The van der Waals surface area contributed by atoms with Gasteiger partial charge < -0.3 is 15.3 Å². The number of hydrogen-bond donors (Lipinski definition) is 3. The average Bonchev–Trinajstić information content (AvgIpc) is 2.12. The summed E-state index contributed by atoms with van der Waals surface area (Å²) < 4.78 is 0. The van der Waals surface area contributed by atoms with Crippen molar-refractivity contribution in [3.05, 3.63) is 17.7 Å². The third-order valence-electron chi connectivity index (χ3n) is 1.49. The van der Waals surface area contributed by atoms with Gasteiger partial charge in [-0.15, -0.1) is 0 Å². The van der Waals surface area contributed by atoms with Crippen LogP contribution in [0.2, 0.25) is 0 Å². The molecule has 0 saturated heterocycles. The van der Waals surface area contributed by atoms with E-state index in [0.29, 0.717) is 0 Å². The van der Waals surface area contributed by atoms with Crippen molar-refractivity contribution >= 4 is 16.9 Å². The minimum Gasteiger partial charge on any atom is -0.504 e. The molecule has 0 amide bonds. The van der Waals surface area contributed by atoms with E-state index in [4.69, 9.17) is 15.3 Å². The van der Waals surface area contributed by atoms with Gasteiger partial charge in [-0.3, -0.25) is 4.79 Å². The number of thioether (sulfide) groups is 1. The Labute approximate surface area is 78.8 Å². The number of phenolic OH excluding ortho intramolecular Hbond substituents is 3. The van der Waals surface area contributed by atoms with Crippen LogP contribution in [0.4, 0.5) is 0 Å². The molecule has 3 N–H and O–H groups in total. The highest BCUT2D eigenvalue weighted by molar-refractivity contribution is 8.13. The molecular weight excluding hydrogens is 192 g/mol. The van der Waals surface area contributed by atoms with Gasteiger partial charge in [-0.2, -0.15) is 0 Å². The maximum absolute atomic E-state index is 11.1. The minimum absolute atomic E-state index is 0.153. The number of carbonyl (C=O) groups is 1. The highest BCUT2D eigenvalue weighted by Gasteiger charge is 2.12. The van der Waals surface area contributed by atoms with Gasteiger partial charge in [0.1, 0.15) is 0 Å². The van der Waals surface area contributed by atoms with Gasteiger partial charge in [0, 0.05) is 5.56 Å². The first-order valence-corrected chi connectivity index (χ1v) is 4.62. The molecule has 13 heavy (non-hydrogen) atoms. The number of phenols is 3. The van der Waals surface area contributed by atoms with Crippen LogP contribution in [0.15, 0.2) is 12.1 Å². The summed E-state index contributed by atoms with van der Waals surface area (Å²) in [6, 6.07) is 2.21. The molecule has 1 aromatic carbocycles. The van der Waals surface area contributed by atoms with Crippen molar-refractivity contribution < 1.29 is 20.1 Å². The molecule has 4 nitrogen and oxygen atoms in total. The number of benzene rings is 1. The normalized spacial score (nSPS) is 9.92. The first-order valence-electron chi connectivity index (χ1n) is 3.39. The summed E-state index contributed by atoms with van der Waals surface area (Å²) in [5.74, 6) is -1.62. The van der Waals surface area contributed by atoms with Crippen LogP contribution in [0.3, 0.4) is 0 Å². The quantitative estimate of drug-likeness (QED) is 0.596. The molecule has 0 aliphatic rings. The van der Waals surface area contributed by atoms with Crippen LogP contribution in [-0.4, -0.2) is 26.7 Å². The molecule has 0 radical (unpaired) electrons. The third kappa shape index (κ3) is 1.86. The summed E-state index contributed by atoms with van der Waals surface area (Å²) in [7, 11) is 0. The van der Waals surface area contributed by atoms with Gasteiger partial charge in [0.05, 0.1) is 0 Å². The van der Waals surface area contributed by atoms with Crippen molar-refractivity contribution in [2.75, 3.05) is 6.26 Å². The lowest BCUT2D eigenvalue weighted by Gasteiger charge is -2.03. The zero-order valence-corrected chi connectivity index (χ0v) is 7.63. The highest BCUT2D eigenvalue weighted by Crippen LogP contribution is 2.36. The first kappa shape index (κ1) is 9.73.